The SMILES string of the molecule is CC(C)N(C)CCCCNC1COCC1O. The van der Waals surface area contributed by atoms with Gasteiger partial charge in [0.1, 0.15) is 0 Å². The third-order valence-electron chi connectivity index (χ3n) is 3.28. The van der Waals surface area contributed by atoms with E-state index in [-0.39, 0.29) is 12.1 Å². The van der Waals surface area contributed by atoms with E-state index < -0.39 is 0 Å². The summed E-state index contributed by atoms with van der Waals surface area (Å²) >= 11 is 0. The summed E-state index contributed by atoms with van der Waals surface area (Å²) < 4.78 is 5.18. The number of aliphatic hydroxyl groups excluding tert-OH is 1. The Bertz CT molecular complexity index is 188. The number of nitrogens with one attached hydrogen (secondary N) is 1. The molecule has 2 atom stereocenters. The van der Waals surface area contributed by atoms with Crippen molar-refractivity contribution in [3.05, 3.63) is 0 Å². The zero-order valence-corrected chi connectivity index (χ0v) is 10.8. The van der Waals surface area contributed by atoms with Gasteiger partial charge in [0.15, 0.2) is 0 Å². The average molecular weight is 230 g/mol. The van der Waals surface area contributed by atoms with Gasteiger partial charge in [0.25, 0.3) is 0 Å². The molecule has 0 radical (unpaired) electrons. The van der Waals surface area contributed by atoms with Crippen LogP contribution in [-0.2, 0) is 4.74 Å². The zero-order chi connectivity index (χ0) is 12.0. The van der Waals surface area contributed by atoms with E-state index in [1.54, 1.807) is 0 Å². The van der Waals surface area contributed by atoms with Gasteiger partial charge in [0, 0.05) is 6.04 Å². The van der Waals surface area contributed by atoms with Crippen LogP contribution in [0.3, 0.4) is 0 Å². The summed E-state index contributed by atoms with van der Waals surface area (Å²) in [6, 6.07) is 0.765. The fourth-order valence-corrected chi connectivity index (χ4v) is 1.77. The summed E-state index contributed by atoms with van der Waals surface area (Å²) in [5.41, 5.74) is 0. The van der Waals surface area contributed by atoms with E-state index in [2.05, 4.69) is 31.1 Å². The van der Waals surface area contributed by atoms with Crippen molar-refractivity contribution in [3.63, 3.8) is 0 Å². The van der Waals surface area contributed by atoms with Crippen LogP contribution in [0, 0.1) is 0 Å². The summed E-state index contributed by atoms with van der Waals surface area (Å²) in [4.78, 5) is 2.35. The fraction of sp³-hybridized carbons (Fsp3) is 1.00. The number of hydrogen-bond acceptors (Lipinski definition) is 4. The molecule has 96 valence electrons. The van der Waals surface area contributed by atoms with Gasteiger partial charge in [0.05, 0.1) is 25.4 Å². The summed E-state index contributed by atoms with van der Waals surface area (Å²) in [6.07, 6.45) is 2.03. The second kappa shape index (κ2) is 7.22. The van der Waals surface area contributed by atoms with Crippen LogP contribution < -0.4 is 5.32 Å². The molecule has 0 bridgehead atoms. The highest BCUT2D eigenvalue weighted by atomic mass is 16.5. The van der Waals surface area contributed by atoms with Crippen molar-refractivity contribution in [3.8, 4) is 0 Å². The highest BCUT2D eigenvalue weighted by Crippen LogP contribution is 2.05. The Hall–Kier alpha value is -0.160. The van der Waals surface area contributed by atoms with Crippen molar-refractivity contribution in [2.75, 3.05) is 33.4 Å². The molecule has 2 N–H and O–H groups in total. The first kappa shape index (κ1) is 13.9. The first-order valence-corrected chi connectivity index (χ1v) is 6.30. The molecule has 4 nitrogen and oxygen atoms in total. The van der Waals surface area contributed by atoms with Gasteiger partial charge in [-0.05, 0) is 46.8 Å². The predicted octanol–water partition coefficient (Wildman–Crippen LogP) is 0.456. The Kier molecular flexibility index (Phi) is 6.28. The van der Waals surface area contributed by atoms with Gasteiger partial charge in [-0.2, -0.15) is 0 Å². The van der Waals surface area contributed by atoms with E-state index in [9.17, 15) is 5.11 Å². The van der Waals surface area contributed by atoms with E-state index in [1.807, 2.05) is 0 Å². The van der Waals surface area contributed by atoms with Gasteiger partial charge < -0.3 is 20.1 Å². The molecule has 0 spiro atoms. The fourth-order valence-electron chi connectivity index (χ4n) is 1.77. The van der Waals surface area contributed by atoms with Crippen LogP contribution >= 0.6 is 0 Å². The van der Waals surface area contributed by atoms with Crippen LogP contribution in [-0.4, -0.2) is 61.5 Å². The van der Waals surface area contributed by atoms with E-state index in [4.69, 9.17) is 4.74 Å². The second-order valence-electron chi connectivity index (χ2n) is 4.95. The average Bonchev–Trinajstić information content (AvgIpc) is 2.63. The van der Waals surface area contributed by atoms with E-state index in [1.165, 1.54) is 6.42 Å². The quantitative estimate of drug-likeness (QED) is 0.624. The Morgan fingerprint density at radius 2 is 2.12 bits per heavy atom. The summed E-state index contributed by atoms with van der Waals surface area (Å²) in [7, 11) is 2.16. The lowest BCUT2D eigenvalue weighted by Gasteiger charge is -2.21. The van der Waals surface area contributed by atoms with Crippen LogP contribution in [0.1, 0.15) is 26.7 Å². The van der Waals surface area contributed by atoms with Crippen molar-refractivity contribution >= 4 is 0 Å². The van der Waals surface area contributed by atoms with Crippen LogP contribution in [0.2, 0.25) is 0 Å². The van der Waals surface area contributed by atoms with Crippen molar-refractivity contribution in [2.24, 2.45) is 0 Å². The molecule has 0 aromatic carbocycles. The Morgan fingerprint density at radius 1 is 1.38 bits per heavy atom. The lowest BCUT2D eigenvalue weighted by Crippen LogP contribution is -2.39. The Balaban J connectivity index is 1.95. The minimum atomic E-state index is -0.321. The lowest BCUT2D eigenvalue weighted by atomic mass is 10.2. The number of nitrogens with zero attached hydrogens (tertiary/aromatic N) is 1. The van der Waals surface area contributed by atoms with Crippen LogP contribution in [0.15, 0.2) is 0 Å². The molecule has 0 aromatic rings. The largest absolute Gasteiger partial charge is 0.389 e. The highest BCUT2D eigenvalue weighted by molar-refractivity contribution is 4.80. The van der Waals surface area contributed by atoms with Gasteiger partial charge in [-0.25, -0.2) is 0 Å². The second-order valence-corrected chi connectivity index (χ2v) is 4.95. The molecule has 0 aromatic heterocycles. The van der Waals surface area contributed by atoms with Gasteiger partial charge in [-0.1, -0.05) is 0 Å². The molecule has 0 amide bonds. The molecule has 0 saturated carbocycles. The zero-order valence-electron chi connectivity index (χ0n) is 10.8. The monoisotopic (exact) mass is 230 g/mol. The van der Waals surface area contributed by atoms with Gasteiger partial charge >= 0.3 is 0 Å². The third kappa shape index (κ3) is 4.78. The predicted molar refractivity (Wildman–Crippen MR) is 65.6 cm³/mol. The topological polar surface area (TPSA) is 44.7 Å². The van der Waals surface area contributed by atoms with Gasteiger partial charge in [0.2, 0.25) is 0 Å². The number of rotatable bonds is 7. The Labute approximate surface area is 99.0 Å². The molecule has 1 fully saturated rings. The smallest absolute Gasteiger partial charge is 0.0948 e. The minimum absolute atomic E-state index is 0.142. The Morgan fingerprint density at radius 3 is 2.69 bits per heavy atom. The van der Waals surface area contributed by atoms with E-state index >= 15 is 0 Å². The van der Waals surface area contributed by atoms with Crippen molar-refractivity contribution in [2.45, 2.75) is 44.9 Å². The third-order valence-corrected chi connectivity index (χ3v) is 3.28. The highest BCUT2D eigenvalue weighted by Gasteiger charge is 2.24. The number of ether oxygens (including phenoxy) is 1. The maximum absolute atomic E-state index is 9.51. The maximum atomic E-state index is 9.51. The number of aliphatic hydroxyl groups is 1. The minimum Gasteiger partial charge on any atom is -0.389 e. The van der Waals surface area contributed by atoms with Crippen molar-refractivity contribution in [1.29, 1.82) is 0 Å². The van der Waals surface area contributed by atoms with E-state index in [0.717, 1.165) is 19.5 Å². The molecular formula is C12H26N2O2. The molecule has 2 unspecified atom stereocenters. The first-order valence-electron chi connectivity index (χ1n) is 6.30. The standard InChI is InChI=1S/C12H26N2O2/c1-10(2)14(3)7-5-4-6-13-11-8-16-9-12(11)15/h10-13,15H,4-9H2,1-3H3. The van der Waals surface area contributed by atoms with Crippen LogP contribution in [0.25, 0.3) is 0 Å². The molecule has 1 rings (SSSR count). The van der Waals surface area contributed by atoms with Crippen molar-refractivity contribution < 1.29 is 9.84 Å². The van der Waals surface area contributed by atoms with Crippen LogP contribution in [0.4, 0.5) is 0 Å². The first-order chi connectivity index (χ1) is 7.61. The van der Waals surface area contributed by atoms with Crippen LogP contribution in [0.5, 0.6) is 0 Å². The van der Waals surface area contributed by atoms with Gasteiger partial charge in [-0.15, -0.1) is 0 Å². The molecule has 4 heteroatoms. The molecule has 1 heterocycles. The summed E-state index contributed by atoms with van der Waals surface area (Å²) in [5.74, 6) is 0. The molecule has 1 aliphatic heterocycles. The summed E-state index contributed by atoms with van der Waals surface area (Å²) in [6.45, 7) is 7.66. The lowest BCUT2D eigenvalue weighted by molar-refractivity contribution is 0.122. The van der Waals surface area contributed by atoms with E-state index in [0.29, 0.717) is 19.3 Å². The molecule has 1 aliphatic rings. The molecule has 16 heavy (non-hydrogen) atoms. The summed E-state index contributed by atoms with van der Waals surface area (Å²) in [5, 5.41) is 12.9. The molecule has 1 saturated heterocycles. The molecular weight excluding hydrogens is 204 g/mol. The normalized spacial score (nSPS) is 25.9. The van der Waals surface area contributed by atoms with Gasteiger partial charge in [-0.3, -0.25) is 0 Å². The number of hydrogen-bond donors (Lipinski definition) is 2. The maximum Gasteiger partial charge on any atom is 0.0948 e. The number of unbranched alkanes of at least 4 members (excludes halogenated alkanes) is 1. The molecule has 0 aliphatic carbocycles. The van der Waals surface area contributed by atoms with Crippen molar-refractivity contribution in [1.82, 2.24) is 10.2 Å².